The Morgan fingerprint density at radius 2 is 1.70 bits per heavy atom. The number of benzene rings is 1. The van der Waals surface area contributed by atoms with Crippen molar-refractivity contribution in [3.8, 4) is 11.1 Å². The van der Waals surface area contributed by atoms with Crippen molar-refractivity contribution < 1.29 is 29.0 Å². The quantitative estimate of drug-likeness (QED) is 0.718. The van der Waals surface area contributed by atoms with Gasteiger partial charge in [-0.25, -0.2) is 4.39 Å². The minimum Gasteiger partial charge on any atom is -0.505 e. The van der Waals surface area contributed by atoms with Crippen LogP contribution in [-0.2, 0) is 19.9 Å². The number of hydrogen-bond donors (Lipinski definition) is 2. The molecule has 0 saturated heterocycles. The number of fused-ring (bicyclic) bond motifs is 2. The molecule has 2 aromatic rings. The van der Waals surface area contributed by atoms with Crippen LogP contribution >= 0.6 is 0 Å². The van der Waals surface area contributed by atoms with E-state index in [1.165, 1.54) is 12.1 Å². The highest BCUT2D eigenvalue weighted by molar-refractivity contribution is 6.27. The number of rotatable bonds is 5. The minimum absolute atomic E-state index is 0.297. The van der Waals surface area contributed by atoms with E-state index in [4.69, 9.17) is 5.11 Å². The van der Waals surface area contributed by atoms with Gasteiger partial charge in [0.2, 0.25) is 0 Å². The van der Waals surface area contributed by atoms with Crippen LogP contribution in [0, 0.1) is 5.82 Å². The average molecular weight is 411 g/mol. The number of carboxylic acid groups (broad SMARTS) is 1. The molecule has 0 radical (unpaired) electrons. The van der Waals surface area contributed by atoms with Gasteiger partial charge in [0.15, 0.2) is 17.3 Å². The van der Waals surface area contributed by atoms with Crippen molar-refractivity contribution >= 4 is 23.3 Å². The number of carbonyl (C=O) groups excluding carboxylic acids is 2. The molecule has 30 heavy (non-hydrogen) atoms. The number of allylic oxidation sites excluding steroid dienone is 1. The predicted molar refractivity (Wildman–Crippen MR) is 107 cm³/mol. The molecule has 1 spiro atoms. The van der Waals surface area contributed by atoms with Gasteiger partial charge in [0.1, 0.15) is 16.9 Å². The summed E-state index contributed by atoms with van der Waals surface area (Å²) < 4.78 is 15.1. The summed E-state index contributed by atoms with van der Waals surface area (Å²) in [6.45, 7) is 0. The van der Waals surface area contributed by atoms with Crippen molar-refractivity contribution in [3.05, 3.63) is 53.6 Å². The van der Waals surface area contributed by atoms with E-state index < -0.39 is 35.3 Å². The maximum absolute atomic E-state index is 13.5. The van der Waals surface area contributed by atoms with Gasteiger partial charge >= 0.3 is 5.97 Å². The van der Waals surface area contributed by atoms with Crippen molar-refractivity contribution in [2.24, 2.45) is 0 Å². The van der Waals surface area contributed by atoms with Gasteiger partial charge in [0.05, 0.1) is 12.1 Å². The lowest BCUT2D eigenvalue weighted by Gasteiger charge is -2.41. The van der Waals surface area contributed by atoms with Gasteiger partial charge in [-0.1, -0.05) is 31.4 Å². The van der Waals surface area contributed by atoms with E-state index in [-0.39, 0.29) is 17.8 Å². The number of aliphatic hydroxyl groups is 1. The fourth-order valence-electron chi connectivity index (χ4n) is 4.59. The van der Waals surface area contributed by atoms with E-state index in [9.17, 15) is 23.9 Å². The lowest BCUT2D eigenvalue weighted by atomic mass is 9.73. The van der Waals surface area contributed by atoms with Gasteiger partial charge in [0, 0.05) is 18.2 Å². The third-order valence-corrected chi connectivity index (χ3v) is 6.11. The number of aliphatic carboxylic acids is 1. The number of aliphatic hydroxyl groups excluding tert-OH is 1. The summed E-state index contributed by atoms with van der Waals surface area (Å²) in [5.74, 6) is -3.01. The number of ketones is 2. The Bertz CT molecular complexity index is 1060. The predicted octanol–water partition coefficient (Wildman–Crippen LogP) is 4.24. The zero-order chi connectivity index (χ0) is 21.5. The molecule has 6 nitrogen and oxygen atoms in total. The topological polar surface area (TPSA) is 96.6 Å². The second kappa shape index (κ2) is 7.55. The number of nitrogens with zero attached hydrogens (tertiary/aromatic N) is 1. The van der Waals surface area contributed by atoms with E-state index in [1.54, 1.807) is 29.0 Å². The van der Waals surface area contributed by atoms with Gasteiger partial charge in [-0.2, -0.15) is 0 Å². The zero-order valence-electron chi connectivity index (χ0n) is 16.4. The Balaban J connectivity index is 1.85. The van der Waals surface area contributed by atoms with Crippen LogP contribution in [0.2, 0.25) is 0 Å². The number of carboxylic acids is 1. The molecule has 0 atom stereocenters. The zero-order valence-corrected chi connectivity index (χ0v) is 16.4. The Hall–Kier alpha value is -3.22. The minimum atomic E-state index is -1.14. The molecule has 0 bridgehead atoms. The molecule has 0 unspecified atom stereocenters. The lowest BCUT2D eigenvalue weighted by Crippen LogP contribution is -2.48. The van der Waals surface area contributed by atoms with E-state index in [0.717, 1.165) is 24.8 Å². The highest BCUT2D eigenvalue weighted by Crippen LogP contribution is 2.45. The monoisotopic (exact) mass is 411 g/mol. The van der Waals surface area contributed by atoms with E-state index in [0.29, 0.717) is 24.1 Å². The van der Waals surface area contributed by atoms with Crippen LogP contribution in [-0.4, -0.2) is 32.3 Å². The van der Waals surface area contributed by atoms with Crippen LogP contribution in [0.25, 0.3) is 16.9 Å². The van der Waals surface area contributed by atoms with Gasteiger partial charge in [-0.3, -0.25) is 14.4 Å². The summed E-state index contributed by atoms with van der Waals surface area (Å²) in [5.41, 5.74) is 0.521. The fourth-order valence-corrected chi connectivity index (χ4v) is 4.59. The Morgan fingerprint density at radius 1 is 1.03 bits per heavy atom. The molecule has 2 aliphatic rings. The Morgan fingerprint density at radius 3 is 2.33 bits per heavy atom. The van der Waals surface area contributed by atoms with Crippen molar-refractivity contribution in [1.29, 1.82) is 0 Å². The van der Waals surface area contributed by atoms with Gasteiger partial charge < -0.3 is 14.8 Å². The Kier molecular flexibility index (Phi) is 5.05. The third-order valence-electron chi connectivity index (χ3n) is 6.11. The molecule has 2 N–H and O–H groups in total. The van der Waals surface area contributed by atoms with E-state index in [1.807, 2.05) is 0 Å². The number of carbonyl (C=O) groups is 3. The second-order valence-corrected chi connectivity index (χ2v) is 7.95. The van der Waals surface area contributed by atoms with Crippen LogP contribution < -0.4 is 0 Å². The molecule has 1 aliphatic carbocycles. The van der Waals surface area contributed by atoms with Crippen LogP contribution in [0.15, 0.2) is 42.1 Å². The molecule has 1 aromatic heterocycles. The molecule has 1 aliphatic heterocycles. The number of halogens is 1. The molecule has 0 amide bonds. The smallest absolute Gasteiger partial charge is 0.303 e. The van der Waals surface area contributed by atoms with Crippen LogP contribution in [0.5, 0.6) is 0 Å². The highest BCUT2D eigenvalue weighted by atomic mass is 19.1. The van der Waals surface area contributed by atoms with Gasteiger partial charge in [-0.05, 0) is 36.6 Å². The number of aromatic nitrogens is 1. The first-order chi connectivity index (χ1) is 14.3. The molecular weight excluding hydrogens is 389 g/mol. The standard InChI is InChI=1S/C23H22FNO5/c24-16-6-4-14(5-7-16)15-12-17-21(29)20(18(26)8-9-19(27)28)22(30)23(25(17)13-15)10-2-1-3-11-23/h4-7,12-13,29H,1-3,8-11H2,(H,27,28). The molecular formula is C23H22FNO5. The summed E-state index contributed by atoms with van der Waals surface area (Å²) in [6, 6.07) is 7.60. The molecule has 2 heterocycles. The molecule has 4 rings (SSSR count). The maximum atomic E-state index is 13.5. The van der Waals surface area contributed by atoms with Crippen molar-refractivity contribution in [2.45, 2.75) is 50.5 Å². The van der Waals surface area contributed by atoms with Gasteiger partial charge in [-0.15, -0.1) is 0 Å². The lowest BCUT2D eigenvalue weighted by molar-refractivity contribution is -0.138. The van der Waals surface area contributed by atoms with Crippen LogP contribution in [0.4, 0.5) is 4.39 Å². The summed E-state index contributed by atoms with van der Waals surface area (Å²) in [7, 11) is 0. The first-order valence-electron chi connectivity index (χ1n) is 10.1. The molecule has 1 saturated carbocycles. The normalized spacial score (nSPS) is 17.8. The van der Waals surface area contributed by atoms with Crippen molar-refractivity contribution in [1.82, 2.24) is 4.57 Å². The third kappa shape index (κ3) is 3.24. The van der Waals surface area contributed by atoms with Crippen LogP contribution in [0.1, 0.15) is 50.6 Å². The molecule has 156 valence electrons. The number of Topliss-reactive ketones (excluding diaryl/α,β-unsaturated/α-hetero) is 2. The summed E-state index contributed by atoms with van der Waals surface area (Å²) in [6.07, 6.45) is 4.71. The molecule has 7 heteroatoms. The van der Waals surface area contributed by atoms with Crippen molar-refractivity contribution in [3.63, 3.8) is 0 Å². The molecule has 1 fully saturated rings. The van der Waals surface area contributed by atoms with E-state index in [2.05, 4.69) is 0 Å². The van der Waals surface area contributed by atoms with Gasteiger partial charge in [0.25, 0.3) is 0 Å². The summed E-state index contributed by atoms with van der Waals surface area (Å²) in [5, 5.41) is 19.8. The first-order valence-corrected chi connectivity index (χ1v) is 10.1. The maximum Gasteiger partial charge on any atom is 0.303 e. The van der Waals surface area contributed by atoms with E-state index >= 15 is 0 Å². The van der Waals surface area contributed by atoms with Crippen LogP contribution in [0.3, 0.4) is 0 Å². The second-order valence-electron chi connectivity index (χ2n) is 7.95. The number of hydrogen-bond acceptors (Lipinski definition) is 4. The first kappa shape index (κ1) is 20.1. The average Bonchev–Trinajstić information content (AvgIpc) is 3.19. The SMILES string of the molecule is O=C(O)CCC(=O)C1=C(O)c2cc(-c3ccc(F)cc3)cn2C2(CCCCC2)C1=O. The summed E-state index contributed by atoms with van der Waals surface area (Å²) >= 11 is 0. The molecule has 1 aromatic carbocycles. The Labute approximate surface area is 172 Å². The highest BCUT2D eigenvalue weighted by Gasteiger charge is 2.49. The van der Waals surface area contributed by atoms with Crippen molar-refractivity contribution in [2.75, 3.05) is 0 Å². The largest absolute Gasteiger partial charge is 0.505 e. The summed E-state index contributed by atoms with van der Waals surface area (Å²) in [4.78, 5) is 37.1. The fraction of sp³-hybridized carbons (Fsp3) is 0.348.